The quantitative estimate of drug-likeness (QED) is 0.483. The molecule has 1 aromatic heterocycles. The molecule has 0 atom stereocenters. The van der Waals surface area contributed by atoms with Crippen molar-refractivity contribution < 1.29 is 4.85 Å². The third kappa shape index (κ3) is 1.10. The molecule has 12 heavy (non-hydrogen) atoms. The van der Waals surface area contributed by atoms with Crippen LogP contribution < -0.4 is 4.85 Å². The summed E-state index contributed by atoms with van der Waals surface area (Å²) >= 11 is 3.24. The molecule has 0 N–H and O–H groups in total. The van der Waals surface area contributed by atoms with Crippen LogP contribution in [0, 0.1) is 5.21 Å². The molecule has 6 heteroatoms. The SMILES string of the molecule is [O-][n+]1nnnc2ccc(Br)cc21. The standard InChI is InChI=1S/C6H3BrN4O/c7-4-1-2-5-6(3-4)11(12)10-9-8-5/h1-3H. The molecule has 0 saturated heterocycles. The highest BCUT2D eigenvalue weighted by Gasteiger charge is 2.03. The van der Waals surface area contributed by atoms with Crippen LogP contribution in [0.3, 0.4) is 0 Å². The third-order valence-electron chi connectivity index (χ3n) is 1.42. The Morgan fingerprint density at radius 2 is 2.25 bits per heavy atom. The lowest BCUT2D eigenvalue weighted by atomic mass is 10.3. The number of aromatic nitrogens is 4. The molecule has 0 saturated carbocycles. The second kappa shape index (κ2) is 2.63. The van der Waals surface area contributed by atoms with Crippen LogP contribution in [0.5, 0.6) is 0 Å². The van der Waals surface area contributed by atoms with Crippen molar-refractivity contribution in [1.82, 2.24) is 15.5 Å². The van der Waals surface area contributed by atoms with Gasteiger partial charge < -0.3 is 5.21 Å². The minimum atomic E-state index is 0.402. The van der Waals surface area contributed by atoms with Crippen molar-refractivity contribution in [3.05, 3.63) is 27.9 Å². The Balaban J connectivity index is 2.88. The zero-order valence-corrected chi connectivity index (χ0v) is 7.39. The summed E-state index contributed by atoms with van der Waals surface area (Å²) in [5.41, 5.74) is 0.933. The summed E-state index contributed by atoms with van der Waals surface area (Å²) in [4.78, 5) is 0.438. The van der Waals surface area contributed by atoms with E-state index in [1.54, 1.807) is 18.2 Å². The van der Waals surface area contributed by atoms with Gasteiger partial charge in [0.25, 0.3) is 0 Å². The summed E-state index contributed by atoms with van der Waals surface area (Å²) in [7, 11) is 0. The van der Waals surface area contributed by atoms with Gasteiger partial charge in [-0.25, -0.2) is 0 Å². The van der Waals surface area contributed by atoms with Gasteiger partial charge in [-0.15, -0.1) is 4.85 Å². The average Bonchev–Trinajstić information content (AvgIpc) is 2.07. The monoisotopic (exact) mass is 226 g/mol. The van der Waals surface area contributed by atoms with Crippen LogP contribution in [-0.4, -0.2) is 15.5 Å². The molecule has 0 bridgehead atoms. The number of rotatable bonds is 0. The van der Waals surface area contributed by atoms with E-state index in [0.29, 0.717) is 15.9 Å². The lowest BCUT2D eigenvalue weighted by Gasteiger charge is -1.98. The first-order chi connectivity index (χ1) is 5.77. The van der Waals surface area contributed by atoms with Gasteiger partial charge in [-0.2, -0.15) is 0 Å². The highest BCUT2D eigenvalue weighted by molar-refractivity contribution is 9.10. The van der Waals surface area contributed by atoms with E-state index in [0.717, 1.165) is 4.47 Å². The van der Waals surface area contributed by atoms with Crippen molar-refractivity contribution in [3.63, 3.8) is 0 Å². The minimum absolute atomic E-state index is 0.402. The molecule has 0 radical (unpaired) electrons. The largest absolute Gasteiger partial charge is 0.691 e. The van der Waals surface area contributed by atoms with Gasteiger partial charge in [-0.3, -0.25) is 0 Å². The fourth-order valence-electron chi connectivity index (χ4n) is 0.887. The van der Waals surface area contributed by atoms with Crippen molar-refractivity contribution in [2.24, 2.45) is 0 Å². The summed E-state index contributed by atoms with van der Waals surface area (Å²) in [5, 5.41) is 21.2. The Bertz CT molecular complexity index is 433. The molecule has 0 unspecified atom stereocenters. The number of hydrogen-bond acceptors (Lipinski definition) is 4. The molecular formula is C6H3BrN4O. The highest BCUT2D eigenvalue weighted by Crippen LogP contribution is 2.13. The van der Waals surface area contributed by atoms with Crippen LogP contribution in [0.4, 0.5) is 0 Å². The minimum Gasteiger partial charge on any atom is -0.691 e. The summed E-state index contributed by atoms with van der Waals surface area (Å²) in [6, 6.07) is 5.13. The Labute approximate surface area is 75.7 Å². The Kier molecular flexibility index (Phi) is 1.61. The number of hydrogen-bond donors (Lipinski definition) is 0. The van der Waals surface area contributed by atoms with Crippen molar-refractivity contribution in [3.8, 4) is 0 Å². The van der Waals surface area contributed by atoms with Gasteiger partial charge in [0.15, 0.2) is 16.2 Å². The Morgan fingerprint density at radius 1 is 1.42 bits per heavy atom. The van der Waals surface area contributed by atoms with E-state index in [9.17, 15) is 5.21 Å². The molecular weight excluding hydrogens is 224 g/mol. The number of benzene rings is 1. The fourth-order valence-corrected chi connectivity index (χ4v) is 1.24. The van der Waals surface area contributed by atoms with E-state index < -0.39 is 0 Å². The first kappa shape index (κ1) is 7.35. The molecule has 0 aliphatic heterocycles. The molecule has 1 aromatic carbocycles. The van der Waals surface area contributed by atoms with Crippen molar-refractivity contribution >= 4 is 27.0 Å². The topological polar surface area (TPSA) is 65.6 Å². The molecule has 0 aliphatic carbocycles. The summed E-state index contributed by atoms with van der Waals surface area (Å²) < 4.78 is 0.814. The van der Waals surface area contributed by atoms with E-state index in [1.165, 1.54) is 0 Å². The average molecular weight is 227 g/mol. The summed E-state index contributed by atoms with van der Waals surface area (Å²) in [5.74, 6) is 0. The number of fused-ring (bicyclic) bond motifs is 1. The summed E-state index contributed by atoms with van der Waals surface area (Å²) in [6.07, 6.45) is 0. The van der Waals surface area contributed by atoms with E-state index in [1.807, 2.05) is 0 Å². The van der Waals surface area contributed by atoms with Crippen LogP contribution in [0.25, 0.3) is 11.0 Å². The van der Waals surface area contributed by atoms with Crippen LogP contribution in [-0.2, 0) is 0 Å². The molecule has 60 valence electrons. The van der Waals surface area contributed by atoms with Crippen LogP contribution in [0.15, 0.2) is 22.7 Å². The predicted molar refractivity (Wildman–Crippen MR) is 44.0 cm³/mol. The maximum atomic E-state index is 11.0. The molecule has 2 aromatic rings. The molecule has 1 heterocycles. The maximum Gasteiger partial charge on any atom is 0.204 e. The van der Waals surface area contributed by atoms with Crippen molar-refractivity contribution in [2.45, 2.75) is 0 Å². The van der Waals surface area contributed by atoms with Gasteiger partial charge in [0.1, 0.15) is 0 Å². The van der Waals surface area contributed by atoms with Gasteiger partial charge >= 0.3 is 0 Å². The number of nitrogens with zero attached hydrogens (tertiary/aromatic N) is 4. The van der Waals surface area contributed by atoms with Gasteiger partial charge in [0.05, 0.1) is 0 Å². The van der Waals surface area contributed by atoms with Gasteiger partial charge in [0, 0.05) is 10.5 Å². The lowest BCUT2D eigenvalue weighted by Crippen LogP contribution is -2.33. The molecule has 0 aliphatic rings. The first-order valence-corrected chi connectivity index (χ1v) is 3.95. The zero-order valence-electron chi connectivity index (χ0n) is 5.81. The Morgan fingerprint density at radius 3 is 3.08 bits per heavy atom. The normalized spacial score (nSPS) is 10.4. The van der Waals surface area contributed by atoms with E-state index in [4.69, 9.17) is 0 Å². The zero-order chi connectivity index (χ0) is 8.55. The molecule has 5 nitrogen and oxygen atoms in total. The highest BCUT2D eigenvalue weighted by atomic mass is 79.9. The van der Waals surface area contributed by atoms with Crippen LogP contribution in [0.1, 0.15) is 0 Å². The van der Waals surface area contributed by atoms with Crippen molar-refractivity contribution in [2.75, 3.05) is 0 Å². The van der Waals surface area contributed by atoms with Gasteiger partial charge in [-0.05, 0) is 17.2 Å². The lowest BCUT2D eigenvalue weighted by molar-refractivity contribution is -0.649. The molecule has 0 spiro atoms. The molecule has 2 rings (SSSR count). The number of halogens is 1. The van der Waals surface area contributed by atoms with E-state index >= 15 is 0 Å². The maximum absolute atomic E-state index is 11.0. The van der Waals surface area contributed by atoms with E-state index in [-0.39, 0.29) is 0 Å². The predicted octanol–water partition coefficient (Wildman–Crippen LogP) is 0.421. The molecule has 0 fully saturated rings. The van der Waals surface area contributed by atoms with Gasteiger partial charge in [-0.1, -0.05) is 15.9 Å². The van der Waals surface area contributed by atoms with Crippen molar-refractivity contribution in [1.29, 1.82) is 0 Å². The fraction of sp³-hybridized carbons (Fsp3) is 0. The van der Waals surface area contributed by atoms with Gasteiger partial charge in [0.2, 0.25) is 5.21 Å². The molecule has 0 amide bonds. The smallest absolute Gasteiger partial charge is 0.204 e. The third-order valence-corrected chi connectivity index (χ3v) is 1.91. The Hall–Kier alpha value is -1.30. The van der Waals surface area contributed by atoms with E-state index in [2.05, 4.69) is 31.5 Å². The first-order valence-electron chi connectivity index (χ1n) is 3.16. The second-order valence-electron chi connectivity index (χ2n) is 2.18. The summed E-state index contributed by atoms with van der Waals surface area (Å²) in [6.45, 7) is 0. The van der Waals surface area contributed by atoms with Crippen LogP contribution in [0.2, 0.25) is 0 Å². The van der Waals surface area contributed by atoms with Crippen LogP contribution >= 0.6 is 15.9 Å². The second-order valence-corrected chi connectivity index (χ2v) is 3.10.